The number of amides is 2. The number of fused-ring (bicyclic) bond motifs is 1. The molecule has 0 radical (unpaired) electrons. The molecule has 1 aromatic heterocycles. The van der Waals surface area contributed by atoms with Crippen LogP contribution in [0.1, 0.15) is 18.7 Å². The van der Waals surface area contributed by atoms with Crippen LogP contribution in [-0.4, -0.2) is 56.1 Å². The Morgan fingerprint density at radius 3 is 2.75 bits per heavy atom. The first-order chi connectivity index (χ1) is 11.3. The maximum absolute atomic E-state index is 12.5. The maximum Gasteiger partial charge on any atom is 0.493 e. The number of hydroxylamine groups is 2. The van der Waals surface area contributed by atoms with Crippen LogP contribution in [0.25, 0.3) is 0 Å². The third kappa shape index (κ3) is 2.93. The number of nitrogens with zero attached hydrogens (tertiary/aromatic N) is 4. The molecule has 1 aromatic rings. The Labute approximate surface area is 133 Å². The summed E-state index contributed by atoms with van der Waals surface area (Å²) >= 11 is 0. The van der Waals surface area contributed by atoms with Crippen molar-refractivity contribution in [2.45, 2.75) is 38.1 Å². The van der Waals surface area contributed by atoms with Gasteiger partial charge in [0.15, 0.2) is 0 Å². The van der Waals surface area contributed by atoms with E-state index in [9.17, 15) is 27.6 Å². The molecule has 2 aliphatic heterocycles. The molecule has 1 atom stereocenters. The summed E-state index contributed by atoms with van der Waals surface area (Å²) in [7, 11) is 0. The van der Waals surface area contributed by atoms with Crippen molar-refractivity contribution < 1.29 is 32.4 Å². The minimum Gasteiger partial charge on any atom is -0.332 e. The van der Waals surface area contributed by atoms with Gasteiger partial charge in [0.2, 0.25) is 5.91 Å². The number of rotatable bonds is 2. The van der Waals surface area contributed by atoms with Crippen molar-refractivity contribution in [3.8, 4) is 0 Å². The molecule has 2 amide bonds. The fourth-order valence-corrected chi connectivity index (χ4v) is 2.71. The van der Waals surface area contributed by atoms with E-state index in [2.05, 4.69) is 9.82 Å². The van der Waals surface area contributed by atoms with Gasteiger partial charge in [-0.3, -0.25) is 9.59 Å². The number of hydrogen-bond acceptors (Lipinski definition) is 5. The van der Waals surface area contributed by atoms with E-state index in [-0.39, 0.29) is 24.4 Å². The van der Waals surface area contributed by atoms with Crippen LogP contribution < -0.4 is 0 Å². The predicted octanol–water partition coefficient (Wildman–Crippen LogP) is 0.237. The standard InChI is InChI=1S/C13H13F3N4O4/c14-13(15,16)12(23)24-20-8(1-2-10(20)21)11(22)19-6-5-18-4-3-17-9(18)7-19/h3-4,8H,1-2,5-7H2/t8-/m0/s1. The van der Waals surface area contributed by atoms with Crippen LogP contribution in [0.5, 0.6) is 0 Å². The van der Waals surface area contributed by atoms with Crippen LogP contribution >= 0.6 is 0 Å². The first-order valence-electron chi connectivity index (χ1n) is 7.17. The molecule has 24 heavy (non-hydrogen) atoms. The summed E-state index contributed by atoms with van der Waals surface area (Å²) in [5.74, 6) is -3.28. The number of carbonyl (C=O) groups excluding carboxylic acids is 3. The highest BCUT2D eigenvalue weighted by atomic mass is 19.4. The van der Waals surface area contributed by atoms with E-state index >= 15 is 0 Å². The monoisotopic (exact) mass is 346 g/mol. The number of alkyl halides is 3. The van der Waals surface area contributed by atoms with Gasteiger partial charge in [-0.1, -0.05) is 0 Å². The predicted molar refractivity (Wildman–Crippen MR) is 69.7 cm³/mol. The van der Waals surface area contributed by atoms with Crippen LogP contribution in [0.4, 0.5) is 13.2 Å². The minimum absolute atomic E-state index is 0.00621. The van der Waals surface area contributed by atoms with Gasteiger partial charge in [-0.15, -0.1) is 0 Å². The first-order valence-corrected chi connectivity index (χ1v) is 7.17. The molecule has 3 heterocycles. The van der Waals surface area contributed by atoms with Gasteiger partial charge < -0.3 is 14.3 Å². The van der Waals surface area contributed by atoms with E-state index in [0.29, 0.717) is 18.9 Å². The number of halogens is 3. The van der Waals surface area contributed by atoms with Crippen molar-refractivity contribution in [1.29, 1.82) is 0 Å². The van der Waals surface area contributed by atoms with Crippen LogP contribution in [0.2, 0.25) is 0 Å². The van der Waals surface area contributed by atoms with Gasteiger partial charge in [0.05, 0.1) is 6.54 Å². The molecule has 0 spiro atoms. The van der Waals surface area contributed by atoms with E-state index in [1.165, 1.54) is 4.90 Å². The zero-order chi connectivity index (χ0) is 17.5. The van der Waals surface area contributed by atoms with Gasteiger partial charge in [-0.2, -0.15) is 18.2 Å². The van der Waals surface area contributed by atoms with Crippen molar-refractivity contribution in [1.82, 2.24) is 19.5 Å². The molecule has 0 N–H and O–H groups in total. The van der Waals surface area contributed by atoms with Crippen molar-refractivity contribution in [3.05, 3.63) is 18.2 Å². The second-order valence-corrected chi connectivity index (χ2v) is 5.45. The number of carbonyl (C=O) groups is 3. The van der Waals surface area contributed by atoms with Crippen molar-refractivity contribution >= 4 is 17.8 Å². The molecule has 3 rings (SSSR count). The Hall–Kier alpha value is -2.59. The molecule has 2 aliphatic rings. The van der Waals surface area contributed by atoms with Gasteiger partial charge in [0.1, 0.15) is 11.9 Å². The van der Waals surface area contributed by atoms with E-state index in [1.807, 2.05) is 4.57 Å². The number of aromatic nitrogens is 2. The molecule has 0 aliphatic carbocycles. The molecule has 1 saturated heterocycles. The molecule has 1 fully saturated rings. The summed E-state index contributed by atoms with van der Waals surface area (Å²) < 4.78 is 38.8. The van der Waals surface area contributed by atoms with Crippen molar-refractivity contribution in [2.24, 2.45) is 0 Å². The zero-order valence-electron chi connectivity index (χ0n) is 12.3. The lowest BCUT2D eigenvalue weighted by atomic mass is 10.2. The smallest absolute Gasteiger partial charge is 0.332 e. The molecule has 130 valence electrons. The third-order valence-corrected chi connectivity index (χ3v) is 3.91. The summed E-state index contributed by atoms with van der Waals surface area (Å²) in [4.78, 5) is 44.8. The SMILES string of the molecule is O=C([C@@H]1CCC(=O)N1OC(=O)C(F)(F)F)N1CCn2ccnc2C1. The third-order valence-electron chi connectivity index (χ3n) is 3.91. The Morgan fingerprint density at radius 1 is 1.29 bits per heavy atom. The Kier molecular flexibility index (Phi) is 3.93. The molecule has 0 bridgehead atoms. The van der Waals surface area contributed by atoms with Gasteiger partial charge >= 0.3 is 12.1 Å². The molecular formula is C13H13F3N4O4. The maximum atomic E-state index is 12.5. The Bertz CT molecular complexity index is 687. The van der Waals surface area contributed by atoms with Crippen LogP contribution in [0.3, 0.4) is 0 Å². The largest absolute Gasteiger partial charge is 0.493 e. The molecule has 0 aromatic carbocycles. The highest BCUT2D eigenvalue weighted by Gasteiger charge is 2.48. The topological polar surface area (TPSA) is 84.7 Å². The van der Waals surface area contributed by atoms with Crippen molar-refractivity contribution in [3.63, 3.8) is 0 Å². The summed E-state index contributed by atoms with van der Waals surface area (Å²) in [5.41, 5.74) is 0. The normalized spacial score (nSPS) is 21.0. The van der Waals surface area contributed by atoms with Crippen LogP contribution in [-0.2, 0) is 32.3 Å². The number of imidazole rings is 1. The van der Waals surface area contributed by atoms with Gasteiger partial charge in [0, 0.05) is 31.9 Å². The number of hydrogen-bond donors (Lipinski definition) is 0. The van der Waals surface area contributed by atoms with Gasteiger partial charge in [-0.25, -0.2) is 9.78 Å². The van der Waals surface area contributed by atoms with Crippen LogP contribution in [0, 0.1) is 0 Å². The van der Waals surface area contributed by atoms with E-state index in [4.69, 9.17) is 0 Å². The highest BCUT2D eigenvalue weighted by molar-refractivity contribution is 5.91. The summed E-state index contributed by atoms with van der Waals surface area (Å²) in [5, 5.41) is 0.249. The van der Waals surface area contributed by atoms with Gasteiger partial charge in [0.25, 0.3) is 5.91 Å². The molecule has 0 unspecified atom stereocenters. The molecule has 0 saturated carbocycles. The summed E-state index contributed by atoms with van der Waals surface area (Å²) in [6.07, 6.45) is -2.07. The summed E-state index contributed by atoms with van der Waals surface area (Å²) in [6.45, 7) is 0.996. The average molecular weight is 346 g/mol. The summed E-state index contributed by atoms with van der Waals surface area (Å²) in [6, 6.07) is -1.25. The first kappa shape index (κ1) is 16.3. The minimum atomic E-state index is -5.24. The molecule has 11 heteroatoms. The van der Waals surface area contributed by atoms with E-state index < -0.39 is 30.0 Å². The Morgan fingerprint density at radius 2 is 2.04 bits per heavy atom. The Balaban J connectivity index is 1.72. The quantitative estimate of drug-likeness (QED) is 0.766. The fourth-order valence-electron chi connectivity index (χ4n) is 2.71. The lowest BCUT2D eigenvalue weighted by Gasteiger charge is -2.32. The lowest BCUT2D eigenvalue weighted by molar-refractivity contribution is -0.239. The average Bonchev–Trinajstić information content (AvgIpc) is 3.12. The second-order valence-electron chi connectivity index (χ2n) is 5.45. The van der Waals surface area contributed by atoms with Gasteiger partial charge in [-0.05, 0) is 6.42 Å². The molecule has 8 nitrogen and oxygen atoms in total. The van der Waals surface area contributed by atoms with E-state index in [1.54, 1.807) is 12.4 Å². The molecular weight excluding hydrogens is 333 g/mol. The second kappa shape index (κ2) is 5.80. The highest BCUT2D eigenvalue weighted by Crippen LogP contribution is 2.26. The zero-order valence-corrected chi connectivity index (χ0v) is 12.3. The lowest BCUT2D eigenvalue weighted by Crippen LogP contribution is -2.50. The van der Waals surface area contributed by atoms with Crippen LogP contribution in [0.15, 0.2) is 12.4 Å². The van der Waals surface area contributed by atoms with Crippen molar-refractivity contribution in [2.75, 3.05) is 6.54 Å². The van der Waals surface area contributed by atoms with E-state index in [0.717, 1.165) is 0 Å². The fraction of sp³-hybridized carbons (Fsp3) is 0.538.